The summed E-state index contributed by atoms with van der Waals surface area (Å²) in [7, 11) is 1.57. The van der Waals surface area contributed by atoms with Gasteiger partial charge in [0.2, 0.25) is 11.8 Å². The number of aryl methyl sites for hydroxylation is 1. The van der Waals surface area contributed by atoms with E-state index in [1.54, 1.807) is 7.11 Å². The molecule has 160 valence electrons. The summed E-state index contributed by atoms with van der Waals surface area (Å²) in [6, 6.07) is 12.8. The molecule has 2 amide bonds. The molecule has 2 aromatic carbocycles. The van der Waals surface area contributed by atoms with Crippen LogP contribution in [0, 0.1) is 12.8 Å². The monoisotopic (exact) mass is 409 g/mol. The SMILES string of the molecule is COc1ccc(C)cc1NC(=O)C(CC(C)C)NC(=O)C1Cc2ccccc2CN1. The van der Waals surface area contributed by atoms with Crippen LogP contribution in [0.3, 0.4) is 0 Å². The Bertz CT molecular complexity index is 910. The van der Waals surface area contributed by atoms with Crippen molar-refractivity contribution in [2.45, 2.75) is 52.2 Å². The van der Waals surface area contributed by atoms with Gasteiger partial charge in [0, 0.05) is 6.54 Å². The van der Waals surface area contributed by atoms with Crippen molar-refractivity contribution >= 4 is 17.5 Å². The molecule has 0 saturated carbocycles. The molecule has 1 aliphatic rings. The van der Waals surface area contributed by atoms with Crippen LogP contribution in [0.1, 0.15) is 37.0 Å². The van der Waals surface area contributed by atoms with Crippen LogP contribution in [0.25, 0.3) is 0 Å². The summed E-state index contributed by atoms with van der Waals surface area (Å²) in [4.78, 5) is 26.0. The van der Waals surface area contributed by atoms with E-state index in [0.29, 0.717) is 30.8 Å². The van der Waals surface area contributed by atoms with Crippen molar-refractivity contribution in [3.05, 3.63) is 59.2 Å². The molecular formula is C24H31N3O3. The molecule has 6 nitrogen and oxygen atoms in total. The van der Waals surface area contributed by atoms with Crippen molar-refractivity contribution in [1.29, 1.82) is 0 Å². The molecule has 0 saturated heterocycles. The van der Waals surface area contributed by atoms with Crippen LogP contribution in [-0.4, -0.2) is 31.0 Å². The van der Waals surface area contributed by atoms with Crippen molar-refractivity contribution in [1.82, 2.24) is 10.6 Å². The summed E-state index contributed by atoms with van der Waals surface area (Å²) in [5.41, 5.74) is 4.01. The van der Waals surface area contributed by atoms with Gasteiger partial charge >= 0.3 is 0 Å². The molecule has 1 heterocycles. The third-order valence-corrected chi connectivity index (χ3v) is 5.35. The Kier molecular flexibility index (Phi) is 7.11. The van der Waals surface area contributed by atoms with Crippen LogP contribution in [0.15, 0.2) is 42.5 Å². The first kappa shape index (κ1) is 21.8. The standard InChI is InChI=1S/C24H31N3O3/c1-15(2)11-21(24(29)26-19-12-16(3)9-10-22(19)30-4)27-23(28)20-13-17-7-5-6-8-18(17)14-25-20/h5-10,12,15,20-21,25H,11,13-14H2,1-4H3,(H,26,29)(H,27,28). The fourth-order valence-electron chi connectivity index (χ4n) is 3.75. The highest BCUT2D eigenvalue weighted by molar-refractivity contribution is 5.99. The van der Waals surface area contributed by atoms with Gasteiger partial charge < -0.3 is 20.7 Å². The number of ether oxygens (including phenoxy) is 1. The van der Waals surface area contributed by atoms with E-state index in [4.69, 9.17) is 4.74 Å². The Morgan fingerprint density at radius 1 is 1.17 bits per heavy atom. The molecule has 2 atom stereocenters. The second-order valence-electron chi connectivity index (χ2n) is 8.29. The van der Waals surface area contributed by atoms with Gasteiger partial charge in [0.25, 0.3) is 0 Å². The van der Waals surface area contributed by atoms with Gasteiger partial charge in [-0.3, -0.25) is 9.59 Å². The molecule has 0 spiro atoms. The fraction of sp³-hybridized carbons (Fsp3) is 0.417. The molecule has 0 radical (unpaired) electrons. The van der Waals surface area contributed by atoms with Crippen LogP contribution in [0.5, 0.6) is 5.75 Å². The summed E-state index contributed by atoms with van der Waals surface area (Å²) in [6.07, 6.45) is 1.17. The number of nitrogens with one attached hydrogen (secondary N) is 3. The maximum atomic E-state index is 13.0. The van der Waals surface area contributed by atoms with Crippen molar-refractivity contribution in [3.63, 3.8) is 0 Å². The number of hydrogen-bond acceptors (Lipinski definition) is 4. The molecular weight excluding hydrogens is 378 g/mol. The van der Waals surface area contributed by atoms with Gasteiger partial charge in [0.1, 0.15) is 11.8 Å². The molecule has 2 unspecified atom stereocenters. The van der Waals surface area contributed by atoms with E-state index in [-0.39, 0.29) is 23.8 Å². The van der Waals surface area contributed by atoms with E-state index in [9.17, 15) is 9.59 Å². The van der Waals surface area contributed by atoms with E-state index in [1.165, 1.54) is 11.1 Å². The molecule has 0 aromatic heterocycles. The van der Waals surface area contributed by atoms with Crippen LogP contribution in [0.4, 0.5) is 5.69 Å². The second-order valence-corrected chi connectivity index (χ2v) is 8.29. The van der Waals surface area contributed by atoms with Gasteiger partial charge in [0.05, 0.1) is 18.8 Å². The van der Waals surface area contributed by atoms with Crippen molar-refractivity contribution in [2.24, 2.45) is 5.92 Å². The summed E-state index contributed by atoms with van der Waals surface area (Å²) >= 11 is 0. The predicted molar refractivity (Wildman–Crippen MR) is 119 cm³/mol. The van der Waals surface area contributed by atoms with Crippen molar-refractivity contribution < 1.29 is 14.3 Å². The average molecular weight is 410 g/mol. The van der Waals surface area contributed by atoms with E-state index in [2.05, 4.69) is 28.1 Å². The number of anilines is 1. The summed E-state index contributed by atoms with van der Waals surface area (Å²) < 4.78 is 5.36. The average Bonchev–Trinajstić information content (AvgIpc) is 2.72. The number of rotatable bonds is 7. The zero-order valence-corrected chi connectivity index (χ0v) is 18.1. The highest BCUT2D eigenvalue weighted by Crippen LogP contribution is 2.25. The minimum absolute atomic E-state index is 0.151. The first-order chi connectivity index (χ1) is 14.4. The zero-order chi connectivity index (χ0) is 21.7. The van der Waals surface area contributed by atoms with Gasteiger partial charge in [0.15, 0.2) is 0 Å². The fourth-order valence-corrected chi connectivity index (χ4v) is 3.75. The molecule has 2 aromatic rings. The summed E-state index contributed by atoms with van der Waals surface area (Å²) in [5.74, 6) is 0.452. The highest BCUT2D eigenvalue weighted by atomic mass is 16.5. The predicted octanol–water partition coefficient (Wildman–Crippen LogP) is 3.19. The Balaban J connectivity index is 1.70. The number of benzene rings is 2. The molecule has 3 N–H and O–H groups in total. The Labute approximate surface area is 178 Å². The lowest BCUT2D eigenvalue weighted by molar-refractivity contribution is -0.128. The highest BCUT2D eigenvalue weighted by Gasteiger charge is 2.29. The van der Waals surface area contributed by atoms with Gasteiger partial charge in [-0.05, 0) is 54.5 Å². The minimum atomic E-state index is -0.623. The maximum absolute atomic E-state index is 13.0. The van der Waals surface area contributed by atoms with Gasteiger partial charge in [-0.15, -0.1) is 0 Å². The van der Waals surface area contributed by atoms with E-state index in [0.717, 1.165) is 5.56 Å². The third kappa shape index (κ3) is 5.39. The lowest BCUT2D eigenvalue weighted by atomic mass is 9.95. The largest absolute Gasteiger partial charge is 0.495 e. The number of methoxy groups -OCH3 is 1. The lowest BCUT2D eigenvalue weighted by Crippen LogP contribution is -2.53. The Morgan fingerprint density at radius 3 is 2.60 bits per heavy atom. The van der Waals surface area contributed by atoms with Crippen LogP contribution in [0.2, 0.25) is 0 Å². The topological polar surface area (TPSA) is 79.5 Å². The first-order valence-electron chi connectivity index (χ1n) is 10.4. The van der Waals surface area contributed by atoms with Gasteiger partial charge in [-0.1, -0.05) is 44.2 Å². The molecule has 0 aliphatic carbocycles. The lowest BCUT2D eigenvalue weighted by Gasteiger charge is -2.28. The van der Waals surface area contributed by atoms with Gasteiger partial charge in [-0.25, -0.2) is 0 Å². The zero-order valence-electron chi connectivity index (χ0n) is 18.1. The van der Waals surface area contributed by atoms with E-state index >= 15 is 0 Å². The van der Waals surface area contributed by atoms with Gasteiger partial charge in [-0.2, -0.15) is 0 Å². The number of hydrogen-bond donors (Lipinski definition) is 3. The molecule has 30 heavy (non-hydrogen) atoms. The van der Waals surface area contributed by atoms with Crippen molar-refractivity contribution in [2.75, 3.05) is 12.4 Å². The molecule has 3 rings (SSSR count). The van der Waals surface area contributed by atoms with Crippen LogP contribution < -0.4 is 20.7 Å². The number of carbonyl (C=O) groups is 2. The van der Waals surface area contributed by atoms with Crippen LogP contribution in [-0.2, 0) is 22.6 Å². The smallest absolute Gasteiger partial charge is 0.247 e. The van der Waals surface area contributed by atoms with Crippen LogP contribution >= 0.6 is 0 Å². The normalized spacial score (nSPS) is 16.5. The number of amides is 2. The quantitative estimate of drug-likeness (QED) is 0.656. The maximum Gasteiger partial charge on any atom is 0.247 e. The third-order valence-electron chi connectivity index (χ3n) is 5.35. The summed E-state index contributed by atoms with van der Waals surface area (Å²) in [5, 5.41) is 9.18. The summed E-state index contributed by atoms with van der Waals surface area (Å²) in [6.45, 7) is 6.68. The number of carbonyl (C=O) groups excluding carboxylic acids is 2. The van der Waals surface area contributed by atoms with E-state index in [1.807, 2.05) is 51.1 Å². The second kappa shape index (κ2) is 9.76. The minimum Gasteiger partial charge on any atom is -0.495 e. The molecule has 1 aliphatic heterocycles. The first-order valence-corrected chi connectivity index (χ1v) is 10.4. The van der Waals surface area contributed by atoms with Crippen molar-refractivity contribution in [3.8, 4) is 5.75 Å². The number of fused-ring (bicyclic) bond motifs is 1. The Morgan fingerprint density at radius 2 is 1.90 bits per heavy atom. The van der Waals surface area contributed by atoms with E-state index < -0.39 is 6.04 Å². The molecule has 0 bridgehead atoms. The molecule has 6 heteroatoms. The Hall–Kier alpha value is -2.86. The molecule has 0 fully saturated rings.